The molecular weight excluding hydrogens is 393 g/mol. The molecule has 8 heteroatoms. The molecule has 3 aromatic rings. The Bertz CT molecular complexity index is 1040. The van der Waals surface area contributed by atoms with Crippen molar-refractivity contribution < 1.29 is 5.11 Å². The first kappa shape index (κ1) is 19.8. The second-order valence-electron chi connectivity index (χ2n) is 8.51. The van der Waals surface area contributed by atoms with Gasteiger partial charge in [0, 0.05) is 42.7 Å². The van der Waals surface area contributed by atoms with Crippen molar-refractivity contribution in [1.29, 1.82) is 0 Å². The topological polar surface area (TPSA) is 65.7 Å². The van der Waals surface area contributed by atoms with Gasteiger partial charge in [-0.1, -0.05) is 12.1 Å². The number of nitrogens with one attached hydrogen (secondary N) is 1. The van der Waals surface area contributed by atoms with E-state index in [4.69, 9.17) is 4.98 Å². The number of benzene rings is 1. The van der Waals surface area contributed by atoms with E-state index in [0.717, 1.165) is 40.8 Å². The Balaban J connectivity index is 1.38. The first-order valence-electron chi connectivity index (χ1n) is 10.9. The first-order chi connectivity index (χ1) is 14.7. The number of rotatable bonds is 5. The summed E-state index contributed by atoms with van der Waals surface area (Å²) in [5.74, 6) is 4.42. The van der Waals surface area contributed by atoms with Crippen molar-refractivity contribution in [2.45, 2.75) is 25.3 Å². The molecule has 2 N–H and O–H groups in total. The fourth-order valence-corrected chi connectivity index (χ4v) is 5.94. The van der Waals surface area contributed by atoms with Crippen LogP contribution in [0.4, 0.5) is 5.82 Å². The van der Waals surface area contributed by atoms with E-state index in [1.54, 1.807) is 6.07 Å². The summed E-state index contributed by atoms with van der Waals surface area (Å²) in [7, 11) is 2.02. The molecule has 1 aromatic carbocycles. The number of aromatic hydroxyl groups is 1. The van der Waals surface area contributed by atoms with E-state index in [9.17, 15) is 5.11 Å². The van der Waals surface area contributed by atoms with Gasteiger partial charge in [-0.25, -0.2) is 4.98 Å². The van der Waals surface area contributed by atoms with Gasteiger partial charge in [0.05, 0.1) is 5.69 Å². The molecular formula is C22H28BN5OS. The van der Waals surface area contributed by atoms with E-state index >= 15 is 0 Å². The summed E-state index contributed by atoms with van der Waals surface area (Å²) in [6.45, 7) is 3.35. The Morgan fingerprint density at radius 3 is 3.00 bits per heavy atom. The van der Waals surface area contributed by atoms with Crippen LogP contribution in [-0.4, -0.2) is 69.6 Å². The van der Waals surface area contributed by atoms with Crippen LogP contribution in [0.5, 0.6) is 5.75 Å². The fraction of sp³-hybridized carbons (Fsp3) is 0.455. The van der Waals surface area contributed by atoms with Crippen molar-refractivity contribution >= 4 is 36.5 Å². The maximum atomic E-state index is 10.3. The van der Waals surface area contributed by atoms with Gasteiger partial charge in [0.25, 0.3) is 0 Å². The lowest BCUT2D eigenvalue weighted by molar-refractivity contribution is 0.139. The summed E-state index contributed by atoms with van der Waals surface area (Å²) in [4.78, 5) is 7.49. The van der Waals surface area contributed by atoms with Crippen LogP contribution < -0.4 is 10.8 Å². The molecule has 2 saturated heterocycles. The van der Waals surface area contributed by atoms with Gasteiger partial charge in [-0.15, -0.1) is 0 Å². The summed E-state index contributed by atoms with van der Waals surface area (Å²) in [6, 6.07) is 10.1. The highest BCUT2D eigenvalue weighted by atomic mass is 32.2. The molecule has 0 amide bonds. The number of fused-ring (bicyclic) bond motifs is 1. The quantitative estimate of drug-likeness (QED) is 0.615. The number of hydrogen-bond donors (Lipinski definition) is 2. The second-order valence-corrected chi connectivity index (χ2v) is 9.66. The van der Waals surface area contributed by atoms with Crippen molar-refractivity contribution in [2.75, 3.05) is 36.5 Å². The third-order valence-electron chi connectivity index (χ3n) is 6.37. The van der Waals surface area contributed by atoms with E-state index in [2.05, 4.69) is 27.1 Å². The third kappa shape index (κ3) is 3.90. The normalized spacial score (nSPS) is 22.5. The van der Waals surface area contributed by atoms with Crippen LogP contribution in [0.25, 0.3) is 16.9 Å². The van der Waals surface area contributed by atoms with E-state index < -0.39 is 0 Å². The van der Waals surface area contributed by atoms with Crippen molar-refractivity contribution in [3.8, 4) is 17.0 Å². The maximum absolute atomic E-state index is 10.3. The van der Waals surface area contributed by atoms with Gasteiger partial charge in [-0.2, -0.15) is 21.4 Å². The number of likely N-dealkylation sites (tertiary alicyclic amines) is 1. The number of nitrogens with zero attached hydrogens (tertiary/aromatic N) is 4. The molecule has 5 rings (SSSR count). The summed E-state index contributed by atoms with van der Waals surface area (Å²) in [6.07, 6.45) is 5.74. The van der Waals surface area contributed by atoms with Gasteiger partial charge in [-0.05, 0) is 55.1 Å². The van der Waals surface area contributed by atoms with Crippen molar-refractivity contribution in [3.63, 3.8) is 0 Å². The van der Waals surface area contributed by atoms with Gasteiger partial charge in [-0.3, -0.25) is 4.90 Å². The zero-order valence-corrected chi connectivity index (χ0v) is 18.2. The molecule has 2 unspecified atom stereocenters. The standard InChI is InChI=1S/C22H28BN5OS/c23-18-12-25-28-21(10-19(26-22(18)28)17-5-1-2-6-20(17)29)24-11-15-4-3-8-27(13-15)16-7-9-30-14-16/h1-2,5-6,10,12,15-16,24,29H,3-4,7-9,11,13-14,23H2. The minimum atomic E-state index is 0.245. The number of para-hydroxylation sites is 1. The van der Waals surface area contributed by atoms with Crippen molar-refractivity contribution in [1.82, 2.24) is 19.5 Å². The lowest BCUT2D eigenvalue weighted by Gasteiger charge is -2.36. The highest BCUT2D eigenvalue weighted by Crippen LogP contribution is 2.30. The predicted octanol–water partition coefficient (Wildman–Crippen LogP) is 1.99. The van der Waals surface area contributed by atoms with E-state index in [1.165, 1.54) is 43.9 Å². The smallest absolute Gasteiger partial charge is 0.151 e. The van der Waals surface area contributed by atoms with E-state index in [0.29, 0.717) is 5.92 Å². The fourth-order valence-electron chi connectivity index (χ4n) is 4.68. The van der Waals surface area contributed by atoms with Crippen LogP contribution >= 0.6 is 11.8 Å². The molecule has 2 atom stereocenters. The highest BCUT2D eigenvalue weighted by molar-refractivity contribution is 7.99. The Labute approximate surface area is 182 Å². The molecule has 0 aliphatic carbocycles. The molecule has 30 heavy (non-hydrogen) atoms. The SMILES string of the molecule is Bc1cnn2c(NCC3CCCN(C4CCSC4)C3)cc(-c3ccccc3O)nc12. The molecule has 2 aromatic heterocycles. The summed E-state index contributed by atoms with van der Waals surface area (Å²) in [5.41, 5.74) is 3.36. The summed E-state index contributed by atoms with van der Waals surface area (Å²) >= 11 is 2.10. The van der Waals surface area contributed by atoms with Crippen LogP contribution in [0.3, 0.4) is 0 Å². The van der Waals surface area contributed by atoms with Crippen LogP contribution in [0.15, 0.2) is 36.5 Å². The van der Waals surface area contributed by atoms with E-state index in [-0.39, 0.29) is 5.75 Å². The van der Waals surface area contributed by atoms with E-state index in [1.807, 2.05) is 42.8 Å². The Kier molecular flexibility index (Phi) is 5.61. The molecule has 0 bridgehead atoms. The molecule has 2 fully saturated rings. The molecule has 6 nitrogen and oxygen atoms in total. The van der Waals surface area contributed by atoms with Crippen LogP contribution in [0, 0.1) is 5.92 Å². The Morgan fingerprint density at radius 2 is 2.17 bits per heavy atom. The number of phenolic OH excluding ortho intramolecular Hbond substituents is 1. The zero-order valence-electron chi connectivity index (χ0n) is 17.4. The van der Waals surface area contributed by atoms with Crippen LogP contribution in [0.2, 0.25) is 0 Å². The minimum Gasteiger partial charge on any atom is -0.507 e. The van der Waals surface area contributed by atoms with Gasteiger partial charge >= 0.3 is 0 Å². The number of thioether (sulfide) groups is 1. The third-order valence-corrected chi connectivity index (χ3v) is 7.52. The van der Waals surface area contributed by atoms with Crippen molar-refractivity contribution in [2.24, 2.45) is 5.92 Å². The number of aromatic nitrogens is 3. The Hall–Kier alpha value is -2.19. The highest BCUT2D eigenvalue weighted by Gasteiger charge is 2.28. The minimum absolute atomic E-state index is 0.245. The molecule has 0 spiro atoms. The van der Waals surface area contributed by atoms with Gasteiger partial charge in [0.2, 0.25) is 0 Å². The lowest BCUT2D eigenvalue weighted by atomic mass is 9.96. The molecule has 2 aliphatic heterocycles. The number of hydrogen-bond acceptors (Lipinski definition) is 6. The van der Waals surface area contributed by atoms with Crippen molar-refractivity contribution in [3.05, 3.63) is 36.5 Å². The second kappa shape index (κ2) is 8.51. The molecule has 0 saturated carbocycles. The first-order valence-corrected chi connectivity index (χ1v) is 12.0. The molecule has 0 radical (unpaired) electrons. The number of piperidine rings is 1. The predicted molar refractivity (Wildman–Crippen MR) is 127 cm³/mol. The van der Waals surface area contributed by atoms with Crippen LogP contribution in [-0.2, 0) is 0 Å². The van der Waals surface area contributed by atoms with Gasteiger partial charge < -0.3 is 10.4 Å². The molecule has 2 aliphatic rings. The van der Waals surface area contributed by atoms with Crippen LogP contribution in [0.1, 0.15) is 19.3 Å². The number of anilines is 1. The maximum Gasteiger partial charge on any atom is 0.151 e. The largest absolute Gasteiger partial charge is 0.507 e. The summed E-state index contributed by atoms with van der Waals surface area (Å²) in [5, 5.41) is 18.5. The molecule has 4 heterocycles. The monoisotopic (exact) mass is 421 g/mol. The number of phenols is 1. The zero-order chi connectivity index (χ0) is 20.5. The average Bonchev–Trinajstić information content (AvgIpc) is 3.43. The average molecular weight is 421 g/mol. The summed E-state index contributed by atoms with van der Waals surface area (Å²) < 4.78 is 1.88. The van der Waals surface area contributed by atoms with Gasteiger partial charge in [0.15, 0.2) is 5.65 Å². The van der Waals surface area contributed by atoms with Gasteiger partial charge in [0.1, 0.15) is 19.4 Å². The molecule has 156 valence electrons. The Morgan fingerprint density at radius 1 is 1.27 bits per heavy atom. The lowest BCUT2D eigenvalue weighted by Crippen LogP contribution is -2.44.